The van der Waals surface area contributed by atoms with Crippen LogP contribution in [-0.2, 0) is 6.54 Å². The minimum Gasteiger partial charge on any atom is -0.478 e. The Kier molecular flexibility index (Phi) is 3.22. The number of carboxylic acid groups (broad SMARTS) is 1. The van der Waals surface area contributed by atoms with Crippen molar-refractivity contribution in [2.24, 2.45) is 0 Å². The van der Waals surface area contributed by atoms with E-state index >= 15 is 0 Å². The highest BCUT2D eigenvalue weighted by Gasteiger charge is 2.11. The Bertz CT molecular complexity index is 836. The summed E-state index contributed by atoms with van der Waals surface area (Å²) >= 11 is 0. The first-order chi connectivity index (χ1) is 10.0. The summed E-state index contributed by atoms with van der Waals surface area (Å²) in [7, 11) is 0. The summed E-state index contributed by atoms with van der Waals surface area (Å²) in [6.45, 7) is 2.53. The van der Waals surface area contributed by atoms with Crippen molar-refractivity contribution < 1.29 is 14.3 Å². The van der Waals surface area contributed by atoms with E-state index in [1.54, 1.807) is 6.07 Å². The van der Waals surface area contributed by atoms with E-state index in [9.17, 15) is 9.18 Å². The van der Waals surface area contributed by atoms with Crippen LogP contribution in [0.15, 0.2) is 48.7 Å². The molecular weight excluding hydrogens is 269 g/mol. The van der Waals surface area contributed by atoms with Crippen molar-refractivity contribution >= 4 is 16.9 Å². The van der Waals surface area contributed by atoms with Crippen LogP contribution in [0.25, 0.3) is 10.9 Å². The van der Waals surface area contributed by atoms with Crippen molar-refractivity contribution in [1.29, 1.82) is 0 Å². The molecule has 0 atom stereocenters. The minimum absolute atomic E-state index is 0.292. The lowest BCUT2D eigenvalue weighted by Gasteiger charge is -2.08. The number of aromatic carboxylic acids is 1. The number of nitrogens with zero attached hydrogens (tertiary/aromatic N) is 1. The van der Waals surface area contributed by atoms with Gasteiger partial charge in [0.1, 0.15) is 5.82 Å². The average Bonchev–Trinajstić information content (AvgIpc) is 2.83. The van der Waals surface area contributed by atoms with Crippen LogP contribution in [0.1, 0.15) is 21.5 Å². The summed E-state index contributed by atoms with van der Waals surface area (Å²) in [4.78, 5) is 11.0. The summed E-state index contributed by atoms with van der Waals surface area (Å²) < 4.78 is 15.4. The lowest BCUT2D eigenvalue weighted by molar-refractivity contribution is 0.0691. The van der Waals surface area contributed by atoms with Crippen LogP contribution in [0.3, 0.4) is 0 Å². The SMILES string of the molecule is Cc1ccc2ccn(Cc3ccc(F)c(C(=O)O)c3)c2c1. The highest BCUT2D eigenvalue weighted by Crippen LogP contribution is 2.19. The molecule has 1 aromatic heterocycles. The molecule has 106 valence electrons. The predicted molar refractivity (Wildman–Crippen MR) is 79.1 cm³/mol. The fourth-order valence-electron chi connectivity index (χ4n) is 2.46. The van der Waals surface area contributed by atoms with Gasteiger partial charge in [0, 0.05) is 18.3 Å². The number of hydrogen-bond acceptors (Lipinski definition) is 1. The number of halogens is 1. The third-order valence-electron chi connectivity index (χ3n) is 3.54. The van der Waals surface area contributed by atoms with Gasteiger partial charge in [-0.25, -0.2) is 9.18 Å². The number of rotatable bonds is 3. The standard InChI is InChI=1S/C17H14FNO2/c1-11-2-4-13-6-7-19(16(13)8-11)10-12-3-5-15(18)14(9-12)17(20)21/h2-9H,10H2,1H3,(H,20,21). The number of aromatic nitrogens is 1. The number of hydrogen-bond donors (Lipinski definition) is 1. The molecule has 3 aromatic rings. The maximum atomic E-state index is 13.4. The second-order valence-electron chi connectivity index (χ2n) is 5.13. The first-order valence-electron chi connectivity index (χ1n) is 6.62. The van der Waals surface area contributed by atoms with Crippen LogP contribution < -0.4 is 0 Å². The second kappa shape index (κ2) is 5.05. The Hall–Kier alpha value is -2.62. The summed E-state index contributed by atoms with van der Waals surface area (Å²) in [5.41, 5.74) is 2.71. The molecule has 0 amide bonds. The Labute approximate surface area is 121 Å². The van der Waals surface area contributed by atoms with E-state index in [1.807, 2.05) is 29.8 Å². The molecule has 0 unspecified atom stereocenters. The summed E-state index contributed by atoms with van der Waals surface area (Å²) in [6, 6.07) is 12.4. The highest BCUT2D eigenvalue weighted by molar-refractivity contribution is 5.88. The largest absolute Gasteiger partial charge is 0.478 e. The fraction of sp³-hybridized carbons (Fsp3) is 0.118. The van der Waals surface area contributed by atoms with Crippen LogP contribution in [0.5, 0.6) is 0 Å². The maximum absolute atomic E-state index is 13.4. The maximum Gasteiger partial charge on any atom is 0.338 e. The van der Waals surface area contributed by atoms with Crippen molar-refractivity contribution in [3.05, 3.63) is 71.2 Å². The molecule has 4 heteroatoms. The van der Waals surface area contributed by atoms with Gasteiger partial charge in [-0.05, 0) is 47.7 Å². The molecule has 2 aromatic carbocycles. The minimum atomic E-state index is -1.25. The van der Waals surface area contributed by atoms with Crippen LogP contribution in [0.2, 0.25) is 0 Å². The van der Waals surface area contributed by atoms with Crippen molar-refractivity contribution in [3.63, 3.8) is 0 Å². The van der Waals surface area contributed by atoms with Gasteiger partial charge in [-0.2, -0.15) is 0 Å². The van der Waals surface area contributed by atoms with E-state index < -0.39 is 11.8 Å². The zero-order valence-corrected chi connectivity index (χ0v) is 11.5. The van der Waals surface area contributed by atoms with Crippen molar-refractivity contribution in [1.82, 2.24) is 4.57 Å². The monoisotopic (exact) mass is 283 g/mol. The molecule has 0 spiro atoms. The number of benzene rings is 2. The van der Waals surface area contributed by atoms with Crippen LogP contribution >= 0.6 is 0 Å². The van der Waals surface area contributed by atoms with Gasteiger partial charge in [0.2, 0.25) is 0 Å². The van der Waals surface area contributed by atoms with Crippen molar-refractivity contribution in [2.75, 3.05) is 0 Å². The van der Waals surface area contributed by atoms with E-state index in [0.717, 1.165) is 22.0 Å². The molecule has 0 aliphatic heterocycles. The first-order valence-corrected chi connectivity index (χ1v) is 6.62. The van der Waals surface area contributed by atoms with E-state index in [0.29, 0.717) is 6.54 Å². The van der Waals surface area contributed by atoms with Gasteiger partial charge in [-0.1, -0.05) is 18.2 Å². The van der Waals surface area contributed by atoms with Gasteiger partial charge in [-0.3, -0.25) is 0 Å². The number of fused-ring (bicyclic) bond motifs is 1. The lowest BCUT2D eigenvalue weighted by atomic mass is 10.1. The smallest absolute Gasteiger partial charge is 0.338 e. The molecule has 3 rings (SSSR count). The number of carboxylic acids is 1. The van der Waals surface area contributed by atoms with Gasteiger partial charge in [0.25, 0.3) is 0 Å². The molecule has 0 saturated carbocycles. The molecule has 1 N–H and O–H groups in total. The van der Waals surface area contributed by atoms with Gasteiger partial charge < -0.3 is 9.67 Å². The Morgan fingerprint density at radius 1 is 1.19 bits per heavy atom. The summed E-state index contributed by atoms with van der Waals surface area (Å²) in [6.07, 6.45) is 1.95. The zero-order chi connectivity index (χ0) is 15.0. The second-order valence-corrected chi connectivity index (χ2v) is 5.13. The molecule has 0 saturated heterocycles. The number of aryl methyl sites for hydroxylation is 1. The number of carbonyl (C=O) groups is 1. The van der Waals surface area contributed by atoms with Crippen LogP contribution in [-0.4, -0.2) is 15.6 Å². The summed E-state index contributed by atoms with van der Waals surface area (Å²) in [5.74, 6) is -1.96. The third-order valence-corrected chi connectivity index (χ3v) is 3.54. The van der Waals surface area contributed by atoms with Crippen LogP contribution in [0.4, 0.5) is 4.39 Å². The van der Waals surface area contributed by atoms with Crippen molar-refractivity contribution in [2.45, 2.75) is 13.5 Å². The molecule has 0 aliphatic carbocycles. The molecule has 1 heterocycles. The quantitative estimate of drug-likeness (QED) is 0.793. The molecule has 0 radical (unpaired) electrons. The van der Waals surface area contributed by atoms with Gasteiger partial charge in [0.15, 0.2) is 0 Å². The fourth-order valence-corrected chi connectivity index (χ4v) is 2.46. The Morgan fingerprint density at radius 2 is 2.00 bits per heavy atom. The van der Waals surface area contributed by atoms with Gasteiger partial charge in [0.05, 0.1) is 5.56 Å². The molecule has 0 aliphatic rings. The van der Waals surface area contributed by atoms with E-state index in [4.69, 9.17) is 5.11 Å². The first kappa shape index (κ1) is 13.4. The summed E-state index contributed by atoms with van der Waals surface area (Å²) in [5, 5.41) is 10.1. The van der Waals surface area contributed by atoms with Crippen LogP contribution in [0, 0.1) is 12.7 Å². The Morgan fingerprint density at radius 3 is 2.76 bits per heavy atom. The topological polar surface area (TPSA) is 42.2 Å². The van der Waals surface area contributed by atoms with Crippen molar-refractivity contribution in [3.8, 4) is 0 Å². The molecular formula is C17H14FNO2. The van der Waals surface area contributed by atoms with E-state index in [1.165, 1.54) is 12.1 Å². The molecule has 0 bridgehead atoms. The average molecular weight is 283 g/mol. The lowest BCUT2D eigenvalue weighted by Crippen LogP contribution is -2.04. The van der Waals surface area contributed by atoms with Gasteiger partial charge in [-0.15, -0.1) is 0 Å². The molecule has 21 heavy (non-hydrogen) atoms. The zero-order valence-electron chi connectivity index (χ0n) is 11.5. The molecule has 0 fully saturated rings. The van der Waals surface area contributed by atoms with Gasteiger partial charge >= 0.3 is 5.97 Å². The Balaban J connectivity index is 2.00. The molecule has 3 nitrogen and oxygen atoms in total. The van der Waals surface area contributed by atoms with E-state index in [-0.39, 0.29) is 5.56 Å². The predicted octanol–water partition coefficient (Wildman–Crippen LogP) is 3.84. The third kappa shape index (κ3) is 2.52. The highest BCUT2D eigenvalue weighted by atomic mass is 19.1. The van der Waals surface area contributed by atoms with E-state index in [2.05, 4.69) is 12.1 Å². The normalized spacial score (nSPS) is 11.0.